The van der Waals surface area contributed by atoms with Crippen LogP contribution in [0.3, 0.4) is 0 Å². The van der Waals surface area contributed by atoms with Crippen molar-refractivity contribution in [3.63, 3.8) is 0 Å². The van der Waals surface area contributed by atoms with Crippen molar-refractivity contribution in [1.29, 1.82) is 0 Å². The number of hydrazine groups is 1. The molecule has 19 heavy (non-hydrogen) atoms. The molecule has 0 spiro atoms. The highest BCUT2D eigenvalue weighted by atomic mass is 35.5. The molecule has 0 amide bonds. The van der Waals surface area contributed by atoms with E-state index in [0.717, 1.165) is 0 Å². The lowest BCUT2D eigenvalue weighted by molar-refractivity contribution is 0.474. The van der Waals surface area contributed by atoms with Crippen LogP contribution in [0.25, 0.3) is 0 Å². The quantitative estimate of drug-likeness (QED) is 0.594. The van der Waals surface area contributed by atoms with Crippen LogP contribution < -0.4 is 11.3 Å². The number of halogens is 2. The maximum absolute atomic E-state index is 13.6. The molecule has 0 saturated heterocycles. The molecule has 4 nitrogen and oxygen atoms in total. The van der Waals surface area contributed by atoms with E-state index < -0.39 is 9.84 Å². The summed E-state index contributed by atoms with van der Waals surface area (Å²) in [6, 6.07) is 4.28. The topological polar surface area (TPSA) is 72.2 Å². The van der Waals surface area contributed by atoms with E-state index in [1.807, 2.05) is 0 Å². The Morgan fingerprint density at radius 3 is 2.68 bits per heavy atom. The molecule has 1 rings (SSSR count). The van der Waals surface area contributed by atoms with Gasteiger partial charge < -0.3 is 0 Å². The maximum Gasteiger partial charge on any atom is 0.147 e. The Kier molecular flexibility index (Phi) is 6.19. The van der Waals surface area contributed by atoms with Crippen molar-refractivity contribution in [1.82, 2.24) is 5.43 Å². The number of rotatable bonds is 7. The summed E-state index contributed by atoms with van der Waals surface area (Å²) in [4.78, 5) is 0. The highest BCUT2D eigenvalue weighted by Gasteiger charge is 2.14. The third kappa shape index (κ3) is 5.86. The van der Waals surface area contributed by atoms with Gasteiger partial charge in [0.25, 0.3) is 0 Å². The van der Waals surface area contributed by atoms with Gasteiger partial charge in [-0.05, 0) is 31.4 Å². The van der Waals surface area contributed by atoms with Gasteiger partial charge >= 0.3 is 0 Å². The molecule has 7 heteroatoms. The molecular weight excluding hydrogens is 291 g/mol. The molecule has 1 aromatic carbocycles. The van der Waals surface area contributed by atoms with E-state index in [1.165, 1.54) is 18.4 Å². The van der Waals surface area contributed by atoms with E-state index in [4.69, 9.17) is 17.4 Å². The van der Waals surface area contributed by atoms with Crippen molar-refractivity contribution in [2.75, 3.05) is 12.0 Å². The first-order valence-corrected chi connectivity index (χ1v) is 8.34. The maximum atomic E-state index is 13.6. The molecule has 0 saturated carbocycles. The normalized spacial score (nSPS) is 13.5. The molecule has 3 N–H and O–H groups in total. The largest absolute Gasteiger partial charge is 0.271 e. The zero-order valence-electron chi connectivity index (χ0n) is 10.7. The van der Waals surface area contributed by atoms with Gasteiger partial charge in [0.2, 0.25) is 0 Å². The van der Waals surface area contributed by atoms with Crippen molar-refractivity contribution in [2.24, 2.45) is 5.84 Å². The predicted molar refractivity (Wildman–Crippen MR) is 75.2 cm³/mol. The van der Waals surface area contributed by atoms with Crippen LogP contribution in [0.4, 0.5) is 4.39 Å². The molecule has 1 aromatic rings. The van der Waals surface area contributed by atoms with Gasteiger partial charge in [0.15, 0.2) is 0 Å². The molecule has 1 unspecified atom stereocenters. The molecule has 0 bridgehead atoms. The summed E-state index contributed by atoms with van der Waals surface area (Å²) in [5.74, 6) is 5.12. The Morgan fingerprint density at radius 1 is 1.47 bits per heavy atom. The lowest BCUT2D eigenvalue weighted by Crippen LogP contribution is -2.37. The fourth-order valence-corrected chi connectivity index (χ4v) is 2.74. The predicted octanol–water partition coefficient (Wildman–Crippen LogP) is 1.68. The Hall–Kier alpha value is -0.690. The number of benzene rings is 1. The van der Waals surface area contributed by atoms with Crippen LogP contribution >= 0.6 is 11.6 Å². The molecular formula is C12H18ClFN2O2S. The van der Waals surface area contributed by atoms with Crippen molar-refractivity contribution in [2.45, 2.75) is 25.3 Å². The minimum atomic E-state index is -2.99. The summed E-state index contributed by atoms with van der Waals surface area (Å²) in [5.41, 5.74) is 2.97. The van der Waals surface area contributed by atoms with Gasteiger partial charge in [0, 0.05) is 28.6 Å². The van der Waals surface area contributed by atoms with Gasteiger partial charge in [-0.25, -0.2) is 12.8 Å². The van der Waals surface area contributed by atoms with Gasteiger partial charge in [-0.2, -0.15) is 0 Å². The van der Waals surface area contributed by atoms with Crippen LogP contribution in [0.1, 0.15) is 18.4 Å². The Morgan fingerprint density at radius 2 is 2.16 bits per heavy atom. The number of nitrogens with two attached hydrogens (primary N) is 1. The standard InChI is InChI=1S/C12H18ClFN2O2S/c1-19(17,18)7-3-4-9(16-15)8-10-11(13)5-2-6-12(10)14/h2,5-6,9,16H,3-4,7-8,15H2,1H3. The Labute approximate surface area is 118 Å². The van der Waals surface area contributed by atoms with Gasteiger partial charge in [0.05, 0.1) is 0 Å². The molecule has 0 aliphatic carbocycles. The molecule has 108 valence electrons. The Bertz CT molecular complexity index is 502. The molecule has 0 aliphatic heterocycles. The minimum absolute atomic E-state index is 0.0934. The number of nitrogens with one attached hydrogen (secondary N) is 1. The summed E-state index contributed by atoms with van der Waals surface area (Å²) in [6.07, 6.45) is 2.52. The lowest BCUT2D eigenvalue weighted by Gasteiger charge is -2.16. The number of hydrogen-bond donors (Lipinski definition) is 2. The summed E-state index contributed by atoms with van der Waals surface area (Å²) in [6.45, 7) is 0. The monoisotopic (exact) mass is 308 g/mol. The first kappa shape index (κ1) is 16.4. The van der Waals surface area contributed by atoms with E-state index in [0.29, 0.717) is 29.8 Å². The van der Waals surface area contributed by atoms with Crippen molar-refractivity contribution in [3.05, 3.63) is 34.6 Å². The average molecular weight is 309 g/mol. The third-order valence-electron chi connectivity index (χ3n) is 2.82. The molecule has 0 aliphatic rings. The first-order valence-electron chi connectivity index (χ1n) is 5.90. The van der Waals surface area contributed by atoms with Crippen molar-refractivity contribution < 1.29 is 12.8 Å². The Balaban J connectivity index is 2.62. The van der Waals surface area contributed by atoms with Gasteiger partial charge in [-0.15, -0.1) is 0 Å². The number of hydrogen-bond acceptors (Lipinski definition) is 4. The van der Waals surface area contributed by atoms with E-state index in [1.54, 1.807) is 6.07 Å². The second-order valence-electron chi connectivity index (χ2n) is 4.54. The molecule has 0 aromatic heterocycles. The SMILES string of the molecule is CS(=O)(=O)CCCC(Cc1c(F)cccc1Cl)NN. The highest BCUT2D eigenvalue weighted by molar-refractivity contribution is 7.90. The third-order valence-corrected chi connectivity index (χ3v) is 4.20. The zero-order valence-corrected chi connectivity index (χ0v) is 12.3. The average Bonchev–Trinajstić information content (AvgIpc) is 2.30. The van der Waals surface area contributed by atoms with E-state index in [-0.39, 0.29) is 17.6 Å². The molecule has 0 fully saturated rings. The van der Waals surface area contributed by atoms with E-state index in [9.17, 15) is 12.8 Å². The lowest BCUT2D eigenvalue weighted by atomic mass is 10.0. The highest BCUT2D eigenvalue weighted by Crippen LogP contribution is 2.21. The second-order valence-corrected chi connectivity index (χ2v) is 7.21. The van der Waals surface area contributed by atoms with E-state index in [2.05, 4.69) is 5.43 Å². The smallest absolute Gasteiger partial charge is 0.147 e. The van der Waals surface area contributed by atoms with Crippen LogP contribution in [0, 0.1) is 5.82 Å². The van der Waals surface area contributed by atoms with Crippen molar-refractivity contribution >= 4 is 21.4 Å². The summed E-state index contributed by atoms with van der Waals surface area (Å²) >= 11 is 5.93. The molecule has 1 atom stereocenters. The van der Waals surface area contributed by atoms with Gasteiger partial charge in [-0.3, -0.25) is 11.3 Å². The van der Waals surface area contributed by atoms with Gasteiger partial charge in [0.1, 0.15) is 15.7 Å². The fraction of sp³-hybridized carbons (Fsp3) is 0.500. The van der Waals surface area contributed by atoms with Crippen molar-refractivity contribution in [3.8, 4) is 0 Å². The number of sulfone groups is 1. The van der Waals surface area contributed by atoms with Crippen LogP contribution in [0.15, 0.2) is 18.2 Å². The van der Waals surface area contributed by atoms with Crippen LogP contribution in [-0.2, 0) is 16.3 Å². The van der Waals surface area contributed by atoms with Gasteiger partial charge in [-0.1, -0.05) is 17.7 Å². The fourth-order valence-electron chi connectivity index (χ4n) is 1.81. The molecule has 0 heterocycles. The van der Waals surface area contributed by atoms with Crippen LogP contribution in [0.5, 0.6) is 0 Å². The summed E-state index contributed by atoms with van der Waals surface area (Å²) in [7, 11) is -2.99. The minimum Gasteiger partial charge on any atom is -0.271 e. The van der Waals surface area contributed by atoms with Crippen LogP contribution in [0.2, 0.25) is 5.02 Å². The first-order chi connectivity index (χ1) is 8.83. The zero-order chi connectivity index (χ0) is 14.5. The van der Waals surface area contributed by atoms with Crippen LogP contribution in [-0.4, -0.2) is 26.5 Å². The van der Waals surface area contributed by atoms with E-state index >= 15 is 0 Å². The summed E-state index contributed by atoms with van der Waals surface area (Å²) < 4.78 is 35.7. The second kappa shape index (κ2) is 7.19. The summed E-state index contributed by atoms with van der Waals surface area (Å²) in [5, 5.41) is 0.350. The molecule has 0 radical (unpaired) electrons.